The summed E-state index contributed by atoms with van der Waals surface area (Å²) in [5.41, 5.74) is -0.315. The highest BCUT2D eigenvalue weighted by Gasteiger charge is 2.44. The molecule has 35 heavy (non-hydrogen) atoms. The van der Waals surface area contributed by atoms with Crippen LogP contribution in [-0.2, 0) is 6.18 Å². The van der Waals surface area contributed by atoms with Crippen LogP contribution >= 0.6 is 0 Å². The molecule has 0 spiro atoms. The molecule has 0 amide bonds. The van der Waals surface area contributed by atoms with Crippen molar-refractivity contribution < 1.29 is 22.4 Å². The molecule has 3 atom stereocenters. The lowest BCUT2D eigenvalue weighted by Crippen LogP contribution is -2.48. The second-order valence-electron chi connectivity index (χ2n) is 9.69. The van der Waals surface area contributed by atoms with E-state index in [1.807, 2.05) is 13.8 Å². The summed E-state index contributed by atoms with van der Waals surface area (Å²) in [6, 6.07) is 4.39. The lowest BCUT2D eigenvalue weighted by Gasteiger charge is -2.37. The number of piperidine rings is 1. The Kier molecular flexibility index (Phi) is 5.84. The highest BCUT2D eigenvalue weighted by atomic mass is 19.4. The lowest BCUT2D eigenvalue weighted by molar-refractivity contribution is -0.137. The normalized spacial score (nSPS) is 22.2. The highest BCUT2D eigenvalue weighted by molar-refractivity contribution is 5.38. The second-order valence-corrected chi connectivity index (χ2v) is 9.69. The number of benzene rings is 1. The van der Waals surface area contributed by atoms with Crippen LogP contribution in [0.5, 0.6) is 11.8 Å². The van der Waals surface area contributed by atoms with Gasteiger partial charge in [-0.1, -0.05) is 5.16 Å². The molecule has 2 aromatic heterocycles. The predicted octanol–water partition coefficient (Wildman–Crippen LogP) is 5.00. The Labute approximate surface area is 200 Å². The van der Waals surface area contributed by atoms with E-state index in [1.54, 1.807) is 24.6 Å². The molecule has 1 aliphatic heterocycles. The number of alkyl halides is 3. The molecule has 1 aliphatic carbocycles. The number of nitrogens with one attached hydrogen (secondary N) is 1. The summed E-state index contributed by atoms with van der Waals surface area (Å²) in [5, 5.41) is 11.9. The number of hydrogen-bond acceptors (Lipinski definition) is 8. The number of anilines is 2. The molecule has 5 rings (SSSR count). The maximum atomic E-state index is 13.3. The van der Waals surface area contributed by atoms with Gasteiger partial charge in [-0.25, -0.2) is 4.68 Å². The van der Waals surface area contributed by atoms with Gasteiger partial charge in [0.25, 0.3) is 0 Å². The molecule has 9 nitrogen and oxygen atoms in total. The van der Waals surface area contributed by atoms with Crippen molar-refractivity contribution in [3.8, 4) is 11.8 Å². The Morgan fingerprint density at radius 2 is 1.80 bits per heavy atom. The van der Waals surface area contributed by atoms with E-state index in [2.05, 4.69) is 30.4 Å². The minimum Gasteiger partial charge on any atom is -0.424 e. The number of aromatic nitrogens is 5. The van der Waals surface area contributed by atoms with Crippen molar-refractivity contribution >= 4 is 12.0 Å². The first-order chi connectivity index (χ1) is 16.6. The van der Waals surface area contributed by atoms with Gasteiger partial charge in [-0.2, -0.15) is 23.1 Å². The molecule has 3 heterocycles. The van der Waals surface area contributed by atoms with Crippen LogP contribution in [-0.4, -0.2) is 44.0 Å². The van der Waals surface area contributed by atoms with Gasteiger partial charge in [0.2, 0.25) is 5.95 Å². The van der Waals surface area contributed by atoms with E-state index in [4.69, 9.17) is 9.26 Å². The SMILES string of the molecule is Cc1cc(Oc2nc(N[C@H]3[C@@H]4CC[C@H]3CN(c3nc(C)no3)C4)nn2C(C)C)cc(C(F)(F)F)c1. The van der Waals surface area contributed by atoms with Crippen LogP contribution in [0.3, 0.4) is 0 Å². The third-order valence-corrected chi connectivity index (χ3v) is 6.59. The van der Waals surface area contributed by atoms with Gasteiger partial charge in [0, 0.05) is 19.1 Å². The fraction of sp³-hybridized carbons (Fsp3) is 0.565. The summed E-state index contributed by atoms with van der Waals surface area (Å²) in [7, 11) is 0. The van der Waals surface area contributed by atoms with E-state index >= 15 is 0 Å². The summed E-state index contributed by atoms with van der Waals surface area (Å²) in [4.78, 5) is 11.0. The molecule has 1 saturated carbocycles. The van der Waals surface area contributed by atoms with Crippen LogP contribution < -0.4 is 15.0 Å². The van der Waals surface area contributed by atoms with Crippen molar-refractivity contribution in [1.29, 1.82) is 0 Å². The number of aryl methyl sites for hydroxylation is 2. The van der Waals surface area contributed by atoms with Gasteiger partial charge in [-0.15, -0.1) is 5.10 Å². The first-order valence-corrected chi connectivity index (χ1v) is 11.7. The average Bonchev–Trinajstić information content (AvgIpc) is 3.43. The van der Waals surface area contributed by atoms with Gasteiger partial charge in [0.05, 0.1) is 11.6 Å². The summed E-state index contributed by atoms with van der Waals surface area (Å²) < 4.78 is 52.5. The van der Waals surface area contributed by atoms with Crippen LogP contribution in [0.25, 0.3) is 0 Å². The smallest absolute Gasteiger partial charge is 0.416 e. The quantitative estimate of drug-likeness (QED) is 0.515. The fourth-order valence-electron chi connectivity index (χ4n) is 5.03. The van der Waals surface area contributed by atoms with Crippen LogP contribution in [0.2, 0.25) is 0 Å². The number of fused-ring (bicyclic) bond motifs is 2. The molecule has 1 aromatic carbocycles. The molecule has 1 saturated heterocycles. The summed E-state index contributed by atoms with van der Waals surface area (Å²) in [6.45, 7) is 8.79. The molecule has 2 bridgehead atoms. The third-order valence-electron chi connectivity index (χ3n) is 6.59. The first-order valence-electron chi connectivity index (χ1n) is 11.7. The molecule has 2 aliphatic rings. The molecule has 1 N–H and O–H groups in total. The Hall–Kier alpha value is -3.31. The monoisotopic (exact) mass is 491 g/mol. The third kappa shape index (κ3) is 4.78. The maximum absolute atomic E-state index is 13.3. The van der Waals surface area contributed by atoms with Gasteiger partial charge in [-0.3, -0.25) is 0 Å². The topological polar surface area (TPSA) is 94.1 Å². The zero-order valence-corrected chi connectivity index (χ0v) is 20.0. The van der Waals surface area contributed by atoms with Gasteiger partial charge >= 0.3 is 18.2 Å². The van der Waals surface area contributed by atoms with Crippen LogP contribution in [0.15, 0.2) is 22.7 Å². The van der Waals surface area contributed by atoms with Gasteiger partial charge in [0.15, 0.2) is 5.82 Å². The second kappa shape index (κ2) is 8.72. The van der Waals surface area contributed by atoms with Crippen molar-refractivity contribution in [2.24, 2.45) is 11.8 Å². The minimum absolute atomic E-state index is 0.0707. The minimum atomic E-state index is -4.46. The first kappa shape index (κ1) is 23.4. The van der Waals surface area contributed by atoms with E-state index in [0.717, 1.165) is 38.1 Å². The summed E-state index contributed by atoms with van der Waals surface area (Å²) >= 11 is 0. The molecular weight excluding hydrogens is 463 g/mol. The number of rotatable bonds is 6. The molecular formula is C23H28F3N7O2. The van der Waals surface area contributed by atoms with E-state index in [-0.39, 0.29) is 23.8 Å². The molecule has 188 valence electrons. The standard InChI is InChI=1S/C23H28F3N7O2/c1-12(2)33-22(34-18-8-13(3)7-17(9-18)23(24,25)26)29-20(30-33)28-19-15-5-6-16(19)11-32(10-15)21-27-14(4)31-35-21/h7-9,12,15-16,19H,5-6,10-11H2,1-4H3,(H,28,30)/t15-,16+,19+. The largest absolute Gasteiger partial charge is 0.424 e. The van der Waals surface area contributed by atoms with Gasteiger partial charge < -0.3 is 19.5 Å². The Morgan fingerprint density at radius 3 is 2.40 bits per heavy atom. The van der Waals surface area contributed by atoms with E-state index < -0.39 is 11.7 Å². The van der Waals surface area contributed by atoms with Crippen molar-refractivity contribution in [2.75, 3.05) is 23.3 Å². The summed E-state index contributed by atoms with van der Waals surface area (Å²) in [6.07, 6.45) is -2.34. The van der Waals surface area contributed by atoms with E-state index in [9.17, 15) is 13.2 Å². The highest BCUT2D eigenvalue weighted by Crippen LogP contribution is 2.40. The van der Waals surface area contributed by atoms with Crippen molar-refractivity contribution in [1.82, 2.24) is 24.9 Å². The molecule has 0 radical (unpaired) electrons. The van der Waals surface area contributed by atoms with Crippen molar-refractivity contribution in [3.05, 3.63) is 35.2 Å². The Bertz CT molecular complexity index is 1190. The maximum Gasteiger partial charge on any atom is 0.416 e. The Morgan fingerprint density at radius 1 is 1.09 bits per heavy atom. The molecule has 0 unspecified atom stereocenters. The zero-order valence-electron chi connectivity index (χ0n) is 20.0. The molecule has 12 heteroatoms. The van der Waals surface area contributed by atoms with E-state index in [1.165, 1.54) is 0 Å². The predicted molar refractivity (Wildman–Crippen MR) is 122 cm³/mol. The van der Waals surface area contributed by atoms with Crippen LogP contribution in [0.1, 0.15) is 49.7 Å². The number of ether oxygens (including phenoxy) is 1. The Balaban J connectivity index is 1.34. The fourth-order valence-corrected chi connectivity index (χ4v) is 5.03. The number of nitrogens with zero attached hydrogens (tertiary/aromatic N) is 6. The van der Waals surface area contributed by atoms with E-state index in [0.29, 0.717) is 35.2 Å². The number of halogens is 3. The molecule has 3 aromatic rings. The van der Waals surface area contributed by atoms with Crippen LogP contribution in [0, 0.1) is 25.7 Å². The van der Waals surface area contributed by atoms with Gasteiger partial charge in [-0.05, 0) is 76.1 Å². The number of hydrogen-bond donors (Lipinski definition) is 1. The molecule has 2 fully saturated rings. The summed E-state index contributed by atoms with van der Waals surface area (Å²) in [5.74, 6) is 1.78. The lowest BCUT2D eigenvalue weighted by atomic mass is 9.92. The van der Waals surface area contributed by atoms with Gasteiger partial charge in [0.1, 0.15) is 5.75 Å². The van der Waals surface area contributed by atoms with Crippen molar-refractivity contribution in [3.63, 3.8) is 0 Å². The zero-order chi connectivity index (χ0) is 24.9. The van der Waals surface area contributed by atoms with Crippen molar-refractivity contribution in [2.45, 2.75) is 58.8 Å². The van der Waals surface area contributed by atoms with Crippen LogP contribution in [0.4, 0.5) is 25.1 Å². The average molecular weight is 492 g/mol.